The number of hydrogen-bond donors (Lipinski definition) is 1. The molecule has 2 atom stereocenters. The molecule has 0 saturated heterocycles. The van der Waals surface area contributed by atoms with Crippen LogP contribution in [-0.4, -0.2) is 27.4 Å². The van der Waals surface area contributed by atoms with Gasteiger partial charge in [0.1, 0.15) is 12.2 Å². The Kier molecular flexibility index (Phi) is 5.46. The van der Waals surface area contributed by atoms with Crippen LogP contribution in [0.15, 0.2) is 6.33 Å². The third-order valence-electron chi connectivity index (χ3n) is 3.20. The fourth-order valence-corrected chi connectivity index (χ4v) is 2.11. The summed E-state index contributed by atoms with van der Waals surface area (Å²) < 4.78 is 1.99. The largest absolute Gasteiger partial charge is 0.314 e. The standard InChI is InChI=1S/C12H24N4/c1-5-11(10(4)13-6-2)8-12-14-9-15-16(12)7-3/h9-11,13H,5-8H2,1-4H3. The van der Waals surface area contributed by atoms with Crippen molar-refractivity contribution < 1.29 is 0 Å². The van der Waals surface area contributed by atoms with E-state index in [1.807, 2.05) is 4.68 Å². The zero-order chi connectivity index (χ0) is 12.0. The maximum Gasteiger partial charge on any atom is 0.138 e. The van der Waals surface area contributed by atoms with Gasteiger partial charge in [0.25, 0.3) is 0 Å². The van der Waals surface area contributed by atoms with Gasteiger partial charge in [0.05, 0.1) is 0 Å². The predicted molar refractivity (Wildman–Crippen MR) is 66.3 cm³/mol. The molecule has 1 aromatic heterocycles. The van der Waals surface area contributed by atoms with E-state index in [2.05, 4.69) is 43.1 Å². The smallest absolute Gasteiger partial charge is 0.138 e. The van der Waals surface area contributed by atoms with Crippen molar-refractivity contribution in [3.63, 3.8) is 0 Å². The van der Waals surface area contributed by atoms with Crippen molar-refractivity contribution in [2.24, 2.45) is 5.92 Å². The first-order valence-electron chi connectivity index (χ1n) is 6.32. The molecule has 92 valence electrons. The van der Waals surface area contributed by atoms with E-state index in [0.29, 0.717) is 12.0 Å². The highest BCUT2D eigenvalue weighted by Gasteiger charge is 2.17. The van der Waals surface area contributed by atoms with Crippen molar-refractivity contribution in [2.45, 2.75) is 53.1 Å². The maximum absolute atomic E-state index is 4.34. The van der Waals surface area contributed by atoms with Crippen LogP contribution in [0.25, 0.3) is 0 Å². The molecule has 0 fully saturated rings. The second-order valence-corrected chi connectivity index (χ2v) is 4.21. The molecule has 16 heavy (non-hydrogen) atoms. The Balaban J connectivity index is 2.62. The number of aryl methyl sites for hydroxylation is 1. The van der Waals surface area contributed by atoms with E-state index in [4.69, 9.17) is 0 Å². The normalized spacial score (nSPS) is 15.0. The van der Waals surface area contributed by atoms with Crippen molar-refractivity contribution >= 4 is 0 Å². The van der Waals surface area contributed by atoms with Crippen LogP contribution in [0.1, 0.15) is 39.9 Å². The SMILES string of the molecule is CCNC(C)C(CC)Cc1ncnn1CC. The van der Waals surface area contributed by atoms with Gasteiger partial charge in [-0.25, -0.2) is 4.98 Å². The first-order valence-corrected chi connectivity index (χ1v) is 6.32. The predicted octanol–water partition coefficient (Wildman–Crippen LogP) is 1.86. The second kappa shape index (κ2) is 6.63. The van der Waals surface area contributed by atoms with Crippen LogP contribution < -0.4 is 5.32 Å². The number of nitrogens with zero attached hydrogens (tertiary/aromatic N) is 3. The highest BCUT2D eigenvalue weighted by Crippen LogP contribution is 2.14. The third kappa shape index (κ3) is 3.30. The molecule has 1 aromatic rings. The van der Waals surface area contributed by atoms with E-state index in [-0.39, 0.29) is 0 Å². The molecule has 0 aliphatic rings. The highest BCUT2D eigenvalue weighted by molar-refractivity contribution is 4.89. The van der Waals surface area contributed by atoms with Crippen LogP contribution in [0, 0.1) is 5.92 Å². The van der Waals surface area contributed by atoms with Gasteiger partial charge in [-0.2, -0.15) is 5.10 Å². The topological polar surface area (TPSA) is 42.7 Å². The second-order valence-electron chi connectivity index (χ2n) is 4.21. The summed E-state index contributed by atoms with van der Waals surface area (Å²) in [6.45, 7) is 10.7. The summed E-state index contributed by atoms with van der Waals surface area (Å²) in [5, 5.41) is 7.70. The van der Waals surface area contributed by atoms with Crippen LogP contribution in [0.4, 0.5) is 0 Å². The molecule has 0 aliphatic carbocycles. The molecule has 1 N–H and O–H groups in total. The lowest BCUT2D eigenvalue weighted by atomic mass is 9.94. The maximum atomic E-state index is 4.34. The Bertz CT molecular complexity index is 295. The van der Waals surface area contributed by atoms with E-state index in [1.165, 1.54) is 6.42 Å². The zero-order valence-electron chi connectivity index (χ0n) is 10.9. The first kappa shape index (κ1) is 13.2. The summed E-state index contributed by atoms with van der Waals surface area (Å²) in [6.07, 6.45) is 3.84. The van der Waals surface area contributed by atoms with E-state index in [0.717, 1.165) is 25.3 Å². The molecule has 0 spiro atoms. The monoisotopic (exact) mass is 224 g/mol. The van der Waals surface area contributed by atoms with Gasteiger partial charge < -0.3 is 5.32 Å². The minimum atomic E-state index is 0.539. The van der Waals surface area contributed by atoms with Gasteiger partial charge in [-0.3, -0.25) is 4.68 Å². The number of nitrogens with one attached hydrogen (secondary N) is 1. The molecule has 4 heteroatoms. The summed E-state index contributed by atoms with van der Waals surface area (Å²) in [5.41, 5.74) is 0. The van der Waals surface area contributed by atoms with Gasteiger partial charge in [0.2, 0.25) is 0 Å². The fraction of sp³-hybridized carbons (Fsp3) is 0.833. The Morgan fingerprint density at radius 2 is 2.12 bits per heavy atom. The molecular weight excluding hydrogens is 200 g/mol. The summed E-state index contributed by atoms with van der Waals surface area (Å²) in [7, 11) is 0. The van der Waals surface area contributed by atoms with Gasteiger partial charge >= 0.3 is 0 Å². The van der Waals surface area contributed by atoms with Crippen LogP contribution in [0.5, 0.6) is 0 Å². The van der Waals surface area contributed by atoms with Crippen LogP contribution in [-0.2, 0) is 13.0 Å². The average molecular weight is 224 g/mol. The van der Waals surface area contributed by atoms with Gasteiger partial charge in [-0.05, 0) is 26.3 Å². The van der Waals surface area contributed by atoms with Gasteiger partial charge in [0, 0.05) is 19.0 Å². The molecule has 1 heterocycles. The molecule has 2 unspecified atom stereocenters. The van der Waals surface area contributed by atoms with E-state index in [9.17, 15) is 0 Å². The molecular formula is C12H24N4. The first-order chi connectivity index (χ1) is 7.72. The van der Waals surface area contributed by atoms with Crippen molar-refractivity contribution in [2.75, 3.05) is 6.54 Å². The third-order valence-corrected chi connectivity index (χ3v) is 3.20. The molecule has 1 rings (SSSR count). The summed E-state index contributed by atoms with van der Waals surface area (Å²) in [6, 6.07) is 0.539. The van der Waals surface area contributed by atoms with Crippen LogP contribution >= 0.6 is 0 Å². The molecule has 0 radical (unpaired) electrons. The van der Waals surface area contributed by atoms with Crippen molar-refractivity contribution in [3.05, 3.63) is 12.2 Å². The summed E-state index contributed by atoms with van der Waals surface area (Å²) >= 11 is 0. The lowest BCUT2D eigenvalue weighted by Gasteiger charge is -2.23. The van der Waals surface area contributed by atoms with Gasteiger partial charge in [-0.15, -0.1) is 0 Å². The average Bonchev–Trinajstić information content (AvgIpc) is 2.73. The highest BCUT2D eigenvalue weighted by atomic mass is 15.3. The number of hydrogen-bond acceptors (Lipinski definition) is 3. The zero-order valence-corrected chi connectivity index (χ0v) is 10.9. The lowest BCUT2D eigenvalue weighted by Crippen LogP contribution is -2.34. The van der Waals surface area contributed by atoms with Crippen molar-refractivity contribution in [1.29, 1.82) is 0 Å². The minimum Gasteiger partial charge on any atom is -0.314 e. The molecule has 0 aliphatic heterocycles. The van der Waals surface area contributed by atoms with Crippen molar-refractivity contribution in [3.8, 4) is 0 Å². The minimum absolute atomic E-state index is 0.539. The van der Waals surface area contributed by atoms with Crippen molar-refractivity contribution in [1.82, 2.24) is 20.1 Å². The van der Waals surface area contributed by atoms with Gasteiger partial charge in [0.15, 0.2) is 0 Å². The van der Waals surface area contributed by atoms with Gasteiger partial charge in [-0.1, -0.05) is 20.3 Å². The van der Waals surface area contributed by atoms with Crippen LogP contribution in [0.3, 0.4) is 0 Å². The molecule has 0 amide bonds. The molecule has 0 aromatic carbocycles. The van der Waals surface area contributed by atoms with E-state index >= 15 is 0 Å². The number of rotatable bonds is 7. The number of aromatic nitrogens is 3. The molecule has 4 nitrogen and oxygen atoms in total. The Morgan fingerprint density at radius 3 is 2.69 bits per heavy atom. The quantitative estimate of drug-likeness (QED) is 0.769. The van der Waals surface area contributed by atoms with Crippen LogP contribution in [0.2, 0.25) is 0 Å². The Labute approximate surface area is 98.5 Å². The summed E-state index contributed by atoms with van der Waals surface area (Å²) in [5.74, 6) is 1.74. The van der Waals surface area contributed by atoms with E-state index < -0.39 is 0 Å². The molecule has 0 bridgehead atoms. The van der Waals surface area contributed by atoms with E-state index in [1.54, 1.807) is 6.33 Å². The molecule has 0 saturated carbocycles. The Morgan fingerprint density at radius 1 is 1.38 bits per heavy atom. The Hall–Kier alpha value is -0.900. The fourth-order valence-electron chi connectivity index (χ4n) is 2.11. The summed E-state index contributed by atoms with van der Waals surface area (Å²) in [4.78, 5) is 4.34. The lowest BCUT2D eigenvalue weighted by molar-refractivity contribution is 0.356.